The molecular formula is C14H15NO4S2. The van der Waals surface area contributed by atoms with Gasteiger partial charge in [0.25, 0.3) is 5.69 Å². The zero-order valence-corrected chi connectivity index (χ0v) is 13.1. The number of nitro benzene ring substituents is 1. The van der Waals surface area contributed by atoms with Crippen molar-refractivity contribution in [2.75, 3.05) is 5.75 Å². The fourth-order valence-electron chi connectivity index (χ4n) is 1.37. The van der Waals surface area contributed by atoms with Gasteiger partial charge < -0.3 is 0 Å². The summed E-state index contributed by atoms with van der Waals surface area (Å²) in [6.45, 7) is 9.04. The standard InChI is InChI=1S/C14H15NO4S2/c1-4-5-14(20-10-11(2)3)21(18,19)13-8-6-12(7-9-13)15(16)17/h4-9H,1-2,10H2,3H3/b14-5+. The number of benzene rings is 1. The maximum absolute atomic E-state index is 12.5. The van der Waals surface area contributed by atoms with Crippen LogP contribution in [0.5, 0.6) is 0 Å². The summed E-state index contributed by atoms with van der Waals surface area (Å²) in [5.41, 5.74) is 0.687. The van der Waals surface area contributed by atoms with Gasteiger partial charge in [-0.1, -0.05) is 24.8 Å². The zero-order valence-electron chi connectivity index (χ0n) is 11.5. The maximum Gasteiger partial charge on any atom is 0.269 e. The number of hydrogen-bond acceptors (Lipinski definition) is 5. The van der Waals surface area contributed by atoms with E-state index in [2.05, 4.69) is 13.2 Å². The van der Waals surface area contributed by atoms with Crippen LogP contribution in [-0.4, -0.2) is 19.1 Å². The van der Waals surface area contributed by atoms with E-state index in [1.807, 2.05) is 0 Å². The Labute approximate surface area is 128 Å². The largest absolute Gasteiger partial charge is 0.269 e. The topological polar surface area (TPSA) is 77.3 Å². The van der Waals surface area contributed by atoms with Crippen LogP contribution >= 0.6 is 11.8 Å². The fraction of sp³-hybridized carbons (Fsp3) is 0.143. The zero-order chi connectivity index (χ0) is 16.0. The Kier molecular flexibility index (Phi) is 5.92. The first kappa shape index (κ1) is 17.2. The Hall–Kier alpha value is -1.86. The number of nitro groups is 1. The molecule has 0 aliphatic heterocycles. The summed E-state index contributed by atoms with van der Waals surface area (Å²) in [5.74, 6) is 0.464. The van der Waals surface area contributed by atoms with Crippen LogP contribution in [0.25, 0.3) is 0 Å². The van der Waals surface area contributed by atoms with Gasteiger partial charge in [-0.05, 0) is 25.1 Å². The minimum atomic E-state index is -3.71. The Balaban J connectivity index is 3.16. The monoisotopic (exact) mass is 325 g/mol. The third-order valence-electron chi connectivity index (χ3n) is 2.34. The molecule has 1 aromatic rings. The van der Waals surface area contributed by atoms with Crippen LogP contribution < -0.4 is 0 Å². The molecule has 0 aliphatic carbocycles. The van der Waals surface area contributed by atoms with Crippen molar-refractivity contribution in [2.24, 2.45) is 0 Å². The Morgan fingerprint density at radius 2 is 1.95 bits per heavy atom. The van der Waals surface area contributed by atoms with Crippen molar-refractivity contribution in [2.45, 2.75) is 11.8 Å². The molecule has 5 nitrogen and oxygen atoms in total. The SMILES string of the molecule is C=C/C=C(\SCC(=C)C)S(=O)(=O)c1ccc([N+](=O)[O-])cc1. The van der Waals surface area contributed by atoms with Crippen molar-refractivity contribution in [3.63, 3.8) is 0 Å². The molecule has 21 heavy (non-hydrogen) atoms. The van der Waals surface area contributed by atoms with Crippen molar-refractivity contribution < 1.29 is 13.3 Å². The van der Waals surface area contributed by atoms with Gasteiger partial charge in [0.1, 0.15) is 4.24 Å². The highest BCUT2D eigenvalue weighted by Crippen LogP contribution is 2.30. The quantitative estimate of drug-likeness (QED) is 0.330. The summed E-state index contributed by atoms with van der Waals surface area (Å²) in [4.78, 5) is 10.0. The number of non-ortho nitro benzene ring substituents is 1. The van der Waals surface area contributed by atoms with Gasteiger partial charge in [0.2, 0.25) is 9.84 Å². The van der Waals surface area contributed by atoms with Gasteiger partial charge in [0.15, 0.2) is 0 Å². The highest BCUT2D eigenvalue weighted by molar-refractivity contribution is 8.18. The molecule has 0 N–H and O–H groups in total. The van der Waals surface area contributed by atoms with E-state index in [1.165, 1.54) is 36.4 Å². The lowest BCUT2D eigenvalue weighted by Gasteiger charge is -2.08. The van der Waals surface area contributed by atoms with Gasteiger partial charge >= 0.3 is 0 Å². The molecule has 0 aliphatic rings. The van der Waals surface area contributed by atoms with Gasteiger partial charge in [-0.2, -0.15) is 0 Å². The van der Waals surface area contributed by atoms with E-state index in [0.29, 0.717) is 5.75 Å². The summed E-state index contributed by atoms with van der Waals surface area (Å²) in [6, 6.07) is 4.79. The Morgan fingerprint density at radius 1 is 1.38 bits per heavy atom. The van der Waals surface area contributed by atoms with Gasteiger partial charge in [0.05, 0.1) is 9.82 Å². The van der Waals surface area contributed by atoms with Gasteiger partial charge in [-0.25, -0.2) is 8.42 Å². The van der Waals surface area contributed by atoms with E-state index in [4.69, 9.17) is 0 Å². The van der Waals surface area contributed by atoms with E-state index in [1.54, 1.807) is 6.92 Å². The molecule has 0 fully saturated rings. The molecule has 1 rings (SSSR count). The molecule has 1 aromatic carbocycles. The molecule has 112 valence electrons. The molecule has 0 radical (unpaired) electrons. The summed E-state index contributed by atoms with van der Waals surface area (Å²) in [5, 5.41) is 10.6. The minimum absolute atomic E-state index is 0.00964. The maximum atomic E-state index is 12.5. The van der Waals surface area contributed by atoms with Crippen LogP contribution in [0.2, 0.25) is 0 Å². The number of hydrogen-bond donors (Lipinski definition) is 0. The van der Waals surface area contributed by atoms with Crippen LogP contribution in [0.4, 0.5) is 5.69 Å². The summed E-state index contributed by atoms with van der Waals surface area (Å²) >= 11 is 1.13. The highest BCUT2D eigenvalue weighted by atomic mass is 32.3. The summed E-state index contributed by atoms with van der Waals surface area (Å²) in [6.07, 6.45) is 2.80. The number of allylic oxidation sites excluding steroid dienone is 2. The first-order valence-electron chi connectivity index (χ1n) is 5.88. The molecule has 0 unspecified atom stereocenters. The van der Waals surface area contributed by atoms with Crippen LogP contribution in [0.1, 0.15) is 6.92 Å². The first-order chi connectivity index (χ1) is 9.78. The van der Waals surface area contributed by atoms with E-state index >= 15 is 0 Å². The van der Waals surface area contributed by atoms with Gasteiger partial charge in [-0.3, -0.25) is 10.1 Å². The van der Waals surface area contributed by atoms with E-state index < -0.39 is 14.8 Å². The number of nitrogens with zero attached hydrogens (tertiary/aromatic N) is 1. The van der Waals surface area contributed by atoms with E-state index in [0.717, 1.165) is 17.3 Å². The van der Waals surface area contributed by atoms with E-state index in [-0.39, 0.29) is 14.8 Å². The van der Waals surface area contributed by atoms with E-state index in [9.17, 15) is 18.5 Å². The van der Waals surface area contributed by atoms with Crippen molar-refractivity contribution in [1.82, 2.24) is 0 Å². The average molecular weight is 325 g/mol. The normalized spacial score (nSPS) is 12.0. The summed E-state index contributed by atoms with van der Waals surface area (Å²) < 4.78 is 25.1. The third kappa shape index (κ3) is 4.57. The van der Waals surface area contributed by atoms with Crippen molar-refractivity contribution in [3.8, 4) is 0 Å². The Bertz CT molecular complexity index is 688. The molecule has 0 atom stereocenters. The first-order valence-corrected chi connectivity index (χ1v) is 8.35. The molecule has 0 spiro atoms. The minimum Gasteiger partial charge on any atom is -0.258 e. The average Bonchev–Trinajstić information content (AvgIpc) is 2.43. The van der Waals surface area contributed by atoms with Crippen molar-refractivity contribution in [1.29, 1.82) is 0 Å². The molecule has 0 aromatic heterocycles. The number of sulfone groups is 1. The second-order valence-electron chi connectivity index (χ2n) is 4.22. The lowest BCUT2D eigenvalue weighted by molar-refractivity contribution is -0.384. The smallest absolute Gasteiger partial charge is 0.258 e. The predicted octanol–water partition coefficient (Wildman–Crippen LogP) is 3.71. The number of rotatable bonds is 7. The van der Waals surface area contributed by atoms with Crippen LogP contribution in [0.15, 0.2) is 64.3 Å². The summed E-state index contributed by atoms with van der Waals surface area (Å²) in [7, 11) is -3.71. The molecule has 0 amide bonds. The molecule has 0 saturated carbocycles. The van der Waals surface area contributed by atoms with Gasteiger partial charge in [0, 0.05) is 17.9 Å². The predicted molar refractivity (Wildman–Crippen MR) is 85.8 cm³/mol. The molecular weight excluding hydrogens is 310 g/mol. The molecule has 0 heterocycles. The second-order valence-corrected chi connectivity index (χ2v) is 7.42. The molecule has 7 heteroatoms. The van der Waals surface area contributed by atoms with Crippen LogP contribution in [0, 0.1) is 10.1 Å². The van der Waals surface area contributed by atoms with Crippen molar-refractivity contribution in [3.05, 3.63) is 69.5 Å². The van der Waals surface area contributed by atoms with Crippen LogP contribution in [0.3, 0.4) is 0 Å². The Morgan fingerprint density at radius 3 is 2.38 bits per heavy atom. The third-order valence-corrected chi connectivity index (χ3v) is 5.97. The lowest BCUT2D eigenvalue weighted by Crippen LogP contribution is -2.03. The lowest BCUT2D eigenvalue weighted by atomic mass is 10.3. The second kappa shape index (κ2) is 7.24. The van der Waals surface area contributed by atoms with Gasteiger partial charge in [-0.15, -0.1) is 11.8 Å². The molecule has 0 bridgehead atoms. The molecule has 0 saturated heterocycles. The number of thioether (sulfide) groups is 1. The van der Waals surface area contributed by atoms with Crippen LogP contribution in [-0.2, 0) is 9.84 Å². The highest BCUT2D eigenvalue weighted by Gasteiger charge is 2.21. The van der Waals surface area contributed by atoms with Crippen molar-refractivity contribution >= 4 is 27.3 Å². The fourth-order valence-corrected chi connectivity index (χ4v) is 4.04.